The van der Waals surface area contributed by atoms with Gasteiger partial charge in [-0.05, 0) is 31.6 Å². The van der Waals surface area contributed by atoms with Crippen LogP contribution in [0.25, 0.3) is 0 Å². The van der Waals surface area contributed by atoms with Gasteiger partial charge in [0.2, 0.25) is 0 Å². The van der Waals surface area contributed by atoms with Crippen LogP contribution in [0.5, 0.6) is 0 Å². The second-order valence-corrected chi connectivity index (χ2v) is 3.39. The third kappa shape index (κ3) is 3.20. The van der Waals surface area contributed by atoms with Crippen molar-refractivity contribution in [3.8, 4) is 0 Å². The van der Waals surface area contributed by atoms with Crippen molar-refractivity contribution < 1.29 is 4.92 Å². The van der Waals surface area contributed by atoms with Crippen molar-refractivity contribution in [3.63, 3.8) is 0 Å². The molecule has 1 N–H and O–H groups in total. The van der Waals surface area contributed by atoms with E-state index in [9.17, 15) is 10.1 Å². The van der Waals surface area contributed by atoms with Gasteiger partial charge >= 0.3 is 0 Å². The van der Waals surface area contributed by atoms with Crippen LogP contribution in [0.3, 0.4) is 0 Å². The minimum absolute atomic E-state index is 0.0613. The summed E-state index contributed by atoms with van der Waals surface area (Å²) >= 11 is 0. The van der Waals surface area contributed by atoms with E-state index in [1.165, 1.54) is 12.1 Å². The number of non-ortho nitro benzene ring substituents is 1. The van der Waals surface area contributed by atoms with E-state index < -0.39 is 4.92 Å². The molecule has 0 heterocycles. The van der Waals surface area contributed by atoms with Crippen LogP contribution in [0.4, 0.5) is 11.4 Å². The fourth-order valence-corrected chi connectivity index (χ4v) is 0.902. The molecule has 5 nitrogen and oxygen atoms in total. The fourth-order valence-electron chi connectivity index (χ4n) is 0.902. The minimum Gasteiger partial charge on any atom is -0.278 e. The summed E-state index contributed by atoms with van der Waals surface area (Å²) in [6.07, 6.45) is 0. The molecule has 1 aromatic carbocycles. The Bertz CT molecular complexity index is 435. The first-order valence-corrected chi connectivity index (χ1v) is 4.71. The predicted molar refractivity (Wildman–Crippen MR) is 64.6 cm³/mol. The summed E-state index contributed by atoms with van der Waals surface area (Å²) in [5.74, 6) is 0. The third-order valence-corrected chi connectivity index (χ3v) is 2.05. The number of nitrogens with zero attached hydrogens (tertiary/aromatic N) is 2. The van der Waals surface area contributed by atoms with E-state index in [1.54, 1.807) is 12.1 Å². The smallest absolute Gasteiger partial charge is 0.269 e. The van der Waals surface area contributed by atoms with Crippen LogP contribution < -0.4 is 5.43 Å². The van der Waals surface area contributed by atoms with Crippen LogP contribution >= 0.6 is 0 Å². The van der Waals surface area contributed by atoms with Gasteiger partial charge in [0.15, 0.2) is 0 Å². The molecule has 0 bridgehead atoms. The highest BCUT2D eigenvalue weighted by Crippen LogP contribution is 2.15. The Kier molecular flexibility index (Phi) is 3.77. The van der Waals surface area contributed by atoms with Crippen molar-refractivity contribution >= 4 is 17.1 Å². The molecule has 0 aliphatic heterocycles. The first kappa shape index (κ1) is 11.9. The van der Waals surface area contributed by atoms with Gasteiger partial charge in [0.1, 0.15) is 0 Å². The van der Waals surface area contributed by atoms with Crippen molar-refractivity contribution in [2.45, 2.75) is 13.8 Å². The highest BCUT2D eigenvalue weighted by molar-refractivity contribution is 5.97. The second kappa shape index (κ2) is 5.06. The number of nitrogens with one attached hydrogen (secondary N) is 1. The quantitative estimate of drug-likeness (QED) is 0.481. The van der Waals surface area contributed by atoms with Crippen molar-refractivity contribution in [3.05, 3.63) is 46.5 Å². The number of nitro groups is 1. The van der Waals surface area contributed by atoms with E-state index in [-0.39, 0.29) is 5.69 Å². The topological polar surface area (TPSA) is 67.5 Å². The predicted octanol–water partition coefficient (Wildman–Crippen LogP) is 2.96. The summed E-state index contributed by atoms with van der Waals surface area (Å²) < 4.78 is 0. The molecule has 0 saturated carbocycles. The number of hydrogen-bond donors (Lipinski definition) is 1. The van der Waals surface area contributed by atoms with Crippen molar-refractivity contribution in [2.75, 3.05) is 5.43 Å². The molecule has 84 valence electrons. The molecule has 5 heteroatoms. The Morgan fingerprint density at radius 3 is 2.38 bits per heavy atom. The molecule has 0 radical (unpaired) electrons. The summed E-state index contributed by atoms with van der Waals surface area (Å²) in [5.41, 5.74) is 5.22. The van der Waals surface area contributed by atoms with E-state index in [2.05, 4.69) is 17.1 Å². The number of allylic oxidation sites excluding steroid dienone is 1. The zero-order valence-corrected chi connectivity index (χ0v) is 9.23. The molecule has 0 aliphatic rings. The standard InChI is InChI=1S/C11H13N3O2/c1-8(2)9(3)12-13-10-4-6-11(7-5-10)14(15)16/h4-7,13H,1H2,2-3H3. The number of hydrazone groups is 1. The zero-order chi connectivity index (χ0) is 12.1. The van der Waals surface area contributed by atoms with Crippen LogP contribution in [0.15, 0.2) is 41.5 Å². The lowest BCUT2D eigenvalue weighted by Gasteiger charge is -2.02. The Labute approximate surface area is 93.6 Å². The maximum Gasteiger partial charge on any atom is 0.269 e. The van der Waals surface area contributed by atoms with Gasteiger partial charge in [0, 0.05) is 12.1 Å². The minimum atomic E-state index is -0.438. The van der Waals surface area contributed by atoms with E-state index in [4.69, 9.17) is 0 Å². The van der Waals surface area contributed by atoms with E-state index in [0.717, 1.165) is 11.3 Å². The van der Waals surface area contributed by atoms with Crippen molar-refractivity contribution in [2.24, 2.45) is 5.10 Å². The molecule has 16 heavy (non-hydrogen) atoms. The van der Waals surface area contributed by atoms with Gasteiger partial charge in [-0.1, -0.05) is 6.58 Å². The lowest BCUT2D eigenvalue weighted by atomic mass is 10.2. The number of rotatable bonds is 4. The van der Waals surface area contributed by atoms with Crippen LogP contribution in [0, 0.1) is 10.1 Å². The molecule has 0 saturated heterocycles. The van der Waals surface area contributed by atoms with Gasteiger partial charge in [0.25, 0.3) is 5.69 Å². The summed E-state index contributed by atoms with van der Waals surface area (Å²) in [6.45, 7) is 7.44. The first-order valence-electron chi connectivity index (χ1n) is 4.71. The Morgan fingerprint density at radius 2 is 1.94 bits per heavy atom. The Morgan fingerprint density at radius 1 is 1.38 bits per heavy atom. The summed E-state index contributed by atoms with van der Waals surface area (Å²) in [6, 6.07) is 6.06. The Hall–Kier alpha value is -2.17. The summed E-state index contributed by atoms with van der Waals surface area (Å²) in [5, 5.41) is 14.5. The Balaban J connectivity index is 2.73. The normalized spacial score (nSPS) is 11.0. The van der Waals surface area contributed by atoms with Crippen molar-refractivity contribution in [1.82, 2.24) is 0 Å². The van der Waals surface area contributed by atoms with Gasteiger partial charge in [-0.25, -0.2) is 0 Å². The van der Waals surface area contributed by atoms with Gasteiger partial charge in [0.05, 0.1) is 16.3 Å². The monoisotopic (exact) mass is 219 g/mol. The van der Waals surface area contributed by atoms with Gasteiger partial charge < -0.3 is 0 Å². The zero-order valence-electron chi connectivity index (χ0n) is 9.23. The molecule has 0 unspecified atom stereocenters. The third-order valence-electron chi connectivity index (χ3n) is 2.05. The lowest BCUT2D eigenvalue weighted by molar-refractivity contribution is -0.384. The SMILES string of the molecule is C=C(C)C(C)=NNc1ccc([N+](=O)[O-])cc1. The van der Waals surface area contributed by atoms with E-state index in [1.807, 2.05) is 13.8 Å². The molecule has 0 amide bonds. The fraction of sp³-hybridized carbons (Fsp3) is 0.182. The highest BCUT2D eigenvalue weighted by atomic mass is 16.6. The van der Waals surface area contributed by atoms with Crippen LogP contribution in [-0.2, 0) is 0 Å². The van der Waals surface area contributed by atoms with Gasteiger partial charge in [-0.2, -0.15) is 5.10 Å². The average Bonchev–Trinajstić information content (AvgIpc) is 2.26. The van der Waals surface area contributed by atoms with Crippen LogP contribution in [0.1, 0.15) is 13.8 Å². The van der Waals surface area contributed by atoms with E-state index >= 15 is 0 Å². The first-order chi connectivity index (χ1) is 7.50. The van der Waals surface area contributed by atoms with Gasteiger partial charge in [-0.15, -0.1) is 0 Å². The molecule has 0 aromatic heterocycles. The number of nitro benzene ring substituents is 1. The summed E-state index contributed by atoms with van der Waals surface area (Å²) in [7, 11) is 0. The number of anilines is 1. The summed E-state index contributed by atoms with van der Waals surface area (Å²) in [4.78, 5) is 9.98. The molecule has 0 fully saturated rings. The number of benzene rings is 1. The molecule has 0 atom stereocenters. The van der Waals surface area contributed by atoms with Crippen LogP contribution in [-0.4, -0.2) is 10.6 Å². The molecule has 1 rings (SSSR count). The lowest BCUT2D eigenvalue weighted by Crippen LogP contribution is -1.98. The maximum absolute atomic E-state index is 10.4. The second-order valence-electron chi connectivity index (χ2n) is 3.39. The van der Waals surface area contributed by atoms with Gasteiger partial charge in [-0.3, -0.25) is 15.5 Å². The molecule has 0 spiro atoms. The molecule has 0 aliphatic carbocycles. The van der Waals surface area contributed by atoms with Crippen LogP contribution in [0.2, 0.25) is 0 Å². The average molecular weight is 219 g/mol. The highest BCUT2D eigenvalue weighted by Gasteiger charge is 2.02. The molecule has 1 aromatic rings. The molecular formula is C11H13N3O2. The van der Waals surface area contributed by atoms with Crippen molar-refractivity contribution in [1.29, 1.82) is 0 Å². The molecular weight excluding hydrogens is 206 g/mol. The maximum atomic E-state index is 10.4. The number of hydrogen-bond acceptors (Lipinski definition) is 4. The van der Waals surface area contributed by atoms with E-state index in [0.29, 0.717) is 5.69 Å². The largest absolute Gasteiger partial charge is 0.278 e.